The van der Waals surface area contributed by atoms with Crippen LogP contribution in [0, 0.1) is 5.92 Å². The molecule has 0 unspecified atom stereocenters. The van der Waals surface area contributed by atoms with Crippen LogP contribution in [0.5, 0.6) is 0 Å². The van der Waals surface area contributed by atoms with Crippen LogP contribution in [0.4, 0.5) is 0 Å². The Labute approximate surface area is 153 Å². The average molecular weight is 348 g/mol. The Kier molecular flexibility index (Phi) is 3.02. The van der Waals surface area contributed by atoms with Crippen LogP contribution in [0.2, 0.25) is 0 Å². The number of furan rings is 1. The standard InChI is InChI=1S/C22H24N2O2/c25-21-22-8-4-9-24(22)19(20-7-3-10-26-20)13-17(22)14-23(21)18-11-15-5-1-2-6-16(15)12-18/h1-3,5-7,10,17-19H,4,8-9,11-14H2/t17-,19-,22-/m0/s1. The molecule has 1 aromatic heterocycles. The predicted octanol–water partition coefficient (Wildman–Crippen LogP) is 3.18. The highest BCUT2D eigenvalue weighted by Gasteiger charge is 2.66. The first-order valence-corrected chi connectivity index (χ1v) is 9.95. The van der Waals surface area contributed by atoms with E-state index in [4.69, 9.17) is 4.42 Å². The number of likely N-dealkylation sites (tertiary alicyclic amines) is 1. The van der Waals surface area contributed by atoms with Crippen molar-refractivity contribution in [2.75, 3.05) is 13.1 Å². The van der Waals surface area contributed by atoms with Crippen LogP contribution in [0.15, 0.2) is 47.1 Å². The lowest BCUT2D eigenvalue weighted by atomic mass is 9.85. The lowest BCUT2D eigenvalue weighted by Gasteiger charge is -2.34. The van der Waals surface area contributed by atoms with Gasteiger partial charge in [0.15, 0.2) is 0 Å². The molecule has 1 spiro atoms. The lowest BCUT2D eigenvalue weighted by molar-refractivity contribution is -0.138. The van der Waals surface area contributed by atoms with Crippen molar-refractivity contribution in [3.8, 4) is 0 Å². The summed E-state index contributed by atoms with van der Waals surface area (Å²) in [5.74, 6) is 1.87. The fourth-order valence-electron chi connectivity index (χ4n) is 6.35. The van der Waals surface area contributed by atoms with E-state index in [1.54, 1.807) is 6.26 Å². The van der Waals surface area contributed by atoms with Crippen LogP contribution < -0.4 is 0 Å². The fraction of sp³-hybridized carbons (Fsp3) is 0.500. The largest absolute Gasteiger partial charge is 0.468 e. The number of hydrogen-bond donors (Lipinski definition) is 0. The molecule has 1 amide bonds. The molecule has 3 fully saturated rings. The number of carbonyl (C=O) groups excluding carboxylic acids is 1. The van der Waals surface area contributed by atoms with Gasteiger partial charge in [-0.05, 0) is 55.4 Å². The third-order valence-corrected chi connectivity index (χ3v) is 7.42. The summed E-state index contributed by atoms with van der Waals surface area (Å²) in [5, 5.41) is 0. The van der Waals surface area contributed by atoms with Gasteiger partial charge in [-0.1, -0.05) is 24.3 Å². The summed E-state index contributed by atoms with van der Waals surface area (Å²) in [6.07, 6.45) is 6.99. The van der Waals surface area contributed by atoms with Gasteiger partial charge in [0, 0.05) is 25.0 Å². The van der Waals surface area contributed by atoms with Gasteiger partial charge in [0.25, 0.3) is 0 Å². The zero-order valence-electron chi connectivity index (χ0n) is 14.9. The summed E-state index contributed by atoms with van der Waals surface area (Å²) in [5.41, 5.74) is 2.60. The van der Waals surface area contributed by atoms with Crippen LogP contribution >= 0.6 is 0 Å². The molecule has 134 valence electrons. The normalized spacial score (nSPS) is 33.7. The number of amides is 1. The molecule has 3 aliphatic heterocycles. The molecule has 2 aromatic rings. The van der Waals surface area contributed by atoms with Crippen LogP contribution in [0.1, 0.15) is 42.2 Å². The second kappa shape index (κ2) is 5.23. The van der Waals surface area contributed by atoms with Gasteiger partial charge in [-0.3, -0.25) is 9.69 Å². The molecule has 0 radical (unpaired) electrons. The van der Waals surface area contributed by atoms with E-state index in [-0.39, 0.29) is 11.6 Å². The molecule has 1 aliphatic carbocycles. The van der Waals surface area contributed by atoms with E-state index in [9.17, 15) is 4.79 Å². The van der Waals surface area contributed by atoms with Gasteiger partial charge < -0.3 is 9.32 Å². The van der Waals surface area contributed by atoms with Crippen molar-refractivity contribution in [1.29, 1.82) is 0 Å². The van der Waals surface area contributed by atoms with Gasteiger partial charge in [-0.25, -0.2) is 0 Å². The highest BCUT2D eigenvalue weighted by atomic mass is 16.3. The van der Waals surface area contributed by atoms with E-state index in [0.717, 1.165) is 51.0 Å². The topological polar surface area (TPSA) is 36.7 Å². The lowest BCUT2D eigenvalue weighted by Crippen LogP contribution is -2.51. The number of carbonyl (C=O) groups is 1. The molecular weight excluding hydrogens is 324 g/mol. The molecule has 26 heavy (non-hydrogen) atoms. The smallest absolute Gasteiger partial charge is 0.243 e. The summed E-state index contributed by atoms with van der Waals surface area (Å²) in [6.45, 7) is 1.94. The second-order valence-corrected chi connectivity index (χ2v) is 8.47. The van der Waals surface area contributed by atoms with Gasteiger partial charge in [0.05, 0.1) is 12.3 Å². The van der Waals surface area contributed by atoms with E-state index >= 15 is 0 Å². The molecule has 4 heterocycles. The van der Waals surface area contributed by atoms with Gasteiger partial charge >= 0.3 is 0 Å². The average Bonchev–Trinajstić information content (AvgIpc) is 3.43. The molecule has 0 N–H and O–H groups in total. The Hall–Kier alpha value is -2.07. The van der Waals surface area contributed by atoms with Crippen LogP contribution in [0.25, 0.3) is 0 Å². The third-order valence-electron chi connectivity index (χ3n) is 7.42. The SMILES string of the molecule is O=C1N(C2Cc3ccccc3C2)C[C@@H]2C[C@@H](c3ccco3)N3CCC[C@@]123. The molecule has 0 saturated carbocycles. The minimum atomic E-state index is -0.258. The third kappa shape index (κ3) is 1.81. The quantitative estimate of drug-likeness (QED) is 0.836. The molecule has 3 atom stereocenters. The Balaban J connectivity index is 1.31. The van der Waals surface area contributed by atoms with Gasteiger partial charge in [0.2, 0.25) is 5.91 Å². The fourth-order valence-corrected chi connectivity index (χ4v) is 6.35. The van der Waals surface area contributed by atoms with Gasteiger partial charge in [-0.15, -0.1) is 0 Å². The maximum absolute atomic E-state index is 13.7. The molecule has 4 aliphatic rings. The minimum Gasteiger partial charge on any atom is -0.468 e. The first-order valence-electron chi connectivity index (χ1n) is 9.95. The minimum absolute atomic E-state index is 0.258. The first kappa shape index (κ1) is 15.0. The van der Waals surface area contributed by atoms with Crippen molar-refractivity contribution in [3.63, 3.8) is 0 Å². The Morgan fingerprint density at radius 1 is 1.08 bits per heavy atom. The van der Waals surface area contributed by atoms with Crippen molar-refractivity contribution in [2.45, 2.75) is 49.7 Å². The summed E-state index contributed by atoms with van der Waals surface area (Å²) >= 11 is 0. The molecule has 6 rings (SSSR count). The zero-order valence-corrected chi connectivity index (χ0v) is 14.9. The Bertz CT molecular complexity index is 836. The van der Waals surface area contributed by atoms with Crippen LogP contribution in [-0.4, -0.2) is 40.4 Å². The summed E-state index contributed by atoms with van der Waals surface area (Å²) in [4.78, 5) is 18.4. The second-order valence-electron chi connectivity index (χ2n) is 8.47. The highest BCUT2D eigenvalue weighted by molar-refractivity contribution is 5.90. The first-order chi connectivity index (χ1) is 12.8. The number of hydrogen-bond acceptors (Lipinski definition) is 3. The number of benzene rings is 1. The summed E-state index contributed by atoms with van der Waals surface area (Å²) in [6, 6.07) is 13.4. The highest BCUT2D eigenvalue weighted by Crippen LogP contribution is 2.56. The molecule has 1 aromatic carbocycles. The monoisotopic (exact) mass is 348 g/mol. The van der Waals surface area contributed by atoms with Crippen molar-refractivity contribution in [2.24, 2.45) is 5.92 Å². The van der Waals surface area contributed by atoms with Gasteiger partial charge in [-0.2, -0.15) is 0 Å². The van der Waals surface area contributed by atoms with Crippen molar-refractivity contribution in [3.05, 3.63) is 59.5 Å². The van der Waals surface area contributed by atoms with E-state index in [1.165, 1.54) is 11.1 Å². The predicted molar refractivity (Wildman–Crippen MR) is 97.6 cm³/mol. The molecular formula is C22H24N2O2. The molecule has 4 nitrogen and oxygen atoms in total. The summed E-state index contributed by atoms with van der Waals surface area (Å²) < 4.78 is 5.73. The maximum Gasteiger partial charge on any atom is 0.243 e. The van der Waals surface area contributed by atoms with Crippen LogP contribution in [-0.2, 0) is 17.6 Å². The van der Waals surface area contributed by atoms with E-state index in [0.29, 0.717) is 17.9 Å². The maximum atomic E-state index is 13.7. The van der Waals surface area contributed by atoms with Crippen LogP contribution in [0.3, 0.4) is 0 Å². The van der Waals surface area contributed by atoms with Gasteiger partial charge in [0.1, 0.15) is 11.3 Å². The summed E-state index contributed by atoms with van der Waals surface area (Å²) in [7, 11) is 0. The van der Waals surface area contributed by atoms with Crippen molar-refractivity contribution >= 4 is 5.91 Å². The van der Waals surface area contributed by atoms with E-state index in [2.05, 4.69) is 40.1 Å². The number of fused-ring (bicyclic) bond motifs is 1. The molecule has 4 heteroatoms. The number of nitrogens with zero attached hydrogens (tertiary/aromatic N) is 2. The number of rotatable bonds is 2. The van der Waals surface area contributed by atoms with E-state index < -0.39 is 0 Å². The molecule has 0 bridgehead atoms. The molecule has 3 saturated heterocycles. The van der Waals surface area contributed by atoms with Crippen molar-refractivity contribution in [1.82, 2.24) is 9.80 Å². The van der Waals surface area contributed by atoms with Crippen molar-refractivity contribution < 1.29 is 9.21 Å². The van der Waals surface area contributed by atoms with E-state index in [1.807, 2.05) is 6.07 Å². The zero-order chi connectivity index (χ0) is 17.3. The Morgan fingerprint density at radius 2 is 1.88 bits per heavy atom. The Morgan fingerprint density at radius 3 is 2.62 bits per heavy atom.